The van der Waals surface area contributed by atoms with Crippen LogP contribution in [0.25, 0.3) is 0 Å². The van der Waals surface area contributed by atoms with E-state index < -0.39 is 0 Å². The summed E-state index contributed by atoms with van der Waals surface area (Å²) in [5.74, 6) is 0.226. The van der Waals surface area contributed by atoms with Crippen molar-refractivity contribution in [3.05, 3.63) is 35.9 Å². The molecule has 1 unspecified atom stereocenters. The quantitative estimate of drug-likeness (QED) is 0.907. The Morgan fingerprint density at radius 3 is 2.55 bits per heavy atom. The molecule has 1 saturated heterocycles. The number of likely N-dealkylation sites (N-methyl/N-ethyl adjacent to an activating group) is 1. The molecule has 1 aliphatic rings. The molecular weight excluding hydrogens is 321 g/mol. The van der Waals surface area contributed by atoms with Crippen molar-refractivity contribution in [3.8, 4) is 0 Å². The minimum Gasteiger partial charge on any atom is -0.340 e. The number of nitrogens with one attached hydrogen (secondary N) is 1. The Labute approximate surface area is 146 Å². The summed E-state index contributed by atoms with van der Waals surface area (Å²) < 4.78 is 0. The average Bonchev–Trinajstić information content (AvgIpc) is 2.77. The van der Waals surface area contributed by atoms with Crippen LogP contribution in [0, 0.1) is 0 Å². The first kappa shape index (κ1) is 21.2. The predicted octanol–water partition coefficient (Wildman–Crippen LogP) is 2.34. The number of hydrogen-bond acceptors (Lipinski definition) is 3. The van der Waals surface area contributed by atoms with Gasteiger partial charge in [-0.25, -0.2) is 0 Å². The lowest BCUT2D eigenvalue weighted by atomic mass is 10.0. The van der Waals surface area contributed by atoms with Gasteiger partial charge in [-0.05, 0) is 32.1 Å². The molecule has 0 spiro atoms. The van der Waals surface area contributed by atoms with E-state index in [1.165, 1.54) is 0 Å². The molecule has 1 aromatic carbocycles. The molecule has 0 radical (unpaired) electrons. The van der Waals surface area contributed by atoms with E-state index in [0.29, 0.717) is 0 Å². The molecule has 0 bridgehead atoms. The Balaban J connectivity index is 0.00000220. The lowest BCUT2D eigenvalue weighted by molar-refractivity contribution is -0.136. The maximum Gasteiger partial charge on any atom is 0.244 e. The molecular formula is C16H27Cl2N3O. The molecule has 6 heteroatoms. The number of rotatable bonds is 4. The fraction of sp³-hybridized carbons (Fsp3) is 0.562. The van der Waals surface area contributed by atoms with Crippen LogP contribution in [0.4, 0.5) is 0 Å². The number of benzene rings is 1. The van der Waals surface area contributed by atoms with Gasteiger partial charge in [0.1, 0.15) is 6.04 Å². The van der Waals surface area contributed by atoms with Gasteiger partial charge in [-0.15, -0.1) is 24.8 Å². The van der Waals surface area contributed by atoms with Crippen molar-refractivity contribution in [2.45, 2.75) is 19.4 Å². The summed E-state index contributed by atoms with van der Waals surface area (Å²) in [7, 11) is 2.02. The average molecular weight is 348 g/mol. The van der Waals surface area contributed by atoms with Crippen molar-refractivity contribution in [3.63, 3.8) is 0 Å². The van der Waals surface area contributed by atoms with E-state index in [9.17, 15) is 4.79 Å². The van der Waals surface area contributed by atoms with E-state index in [0.717, 1.165) is 44.7 Å². The van der Waals surface area contributed by atoms with Gasteiger partial charge in [0.05, 0.1) is 0 Å². The van der Waals surface area contributed by atoms with Crippen molar-refractivity contribution in [2.24, 2.45) is 0 Å². The molecule has 126 valence electrons. The van der Waals surface area contributed by atoms with Gasteiger partial charge in [0.2, 0.25) is 5.91 Å². The standard InChI is InChI=1S/C16H25N3O.2ClH/c1-3-18(2)15(14-8-5-4-6-9-14)16(20)19-12-7-10-17-11-13-19;;/h4-6,8-9,15,17H,3,7,10-13H2,1-2H3;2*1H. The van der Waals surface area contributed by atoms with Gasteiger partial charge in [0.15, 0.2) is 0 Å². The fourth-order valence-corrected chi connectivity index (χ4v) is 2.64. The minimum absolute atomic E-state index is 0. The molecule has 2 rings (SSSR count). The minimum atomic E-state index is -0.167. The molecule has 0 aromatic heterocycles. The second-order valence-electron chi connectivity index (χ2n) is 5.32. The topological polar surface area (TPSA) is 35.6 Å². The highest BCUT2D eigenvalue weighted by Crippen LogP contribution is 2.22. The van der Waals surface area contributed by atoms with Crippen LogP contribution in [0.15, 0.2) is 30.3 Å². The predicted molar refractivity (Wildman–Crippen MR) is 96.0 cm³/mol. The summed E-state index contributed by atoms with van der Waals surface area (Å²) in [6.45, 7) is 6.50. The van der Waals surface area contributed by atoms with Crippen molar-refractivity contribution < 1.29 is 4.79 Å². The van der Waals surface area contributed by atoms with Crippen LogP contribution in [0.2, 0.25) is 0 Å². The molecule has 1 atom stereocenters. The molecule has 1 heterocycles. The monoisotopic (exact) mass is 347 g/mol. The summed E-state index contributed by atoms with van der Waals surface area (Å²) in [6, 6.07) is 9.92. The van der Waals surface area contributed by atoms with Gasteiger partial charge in [-0.2, -0.15) is 0 Å². The second kappa shape index (κ2) is 10.8. The van der Waals surface area contributed by atoms with E-state index in [4.69, 9.17) is 0 Å². The third kappa shape index (κ3) is 5.43. The largest absolute Gasteiger partial charge is 0.340 e. The first-order valence-electron chi connectivity index (χ1n) is 7.48. The number of carbonyl (C=O) groups is 1. The SMILES string of the molecule is CCN(C)C(C(=O)N1CCCNCC1)c1ccccc1.Cl.Cl. The van der Waals surface area contributed by atoms with Crippen LogP contribution in [-0.2, 0) is 4.79 Å². The highest BCUT2D eigenvalue weighted by atomic mass is 35.5. The molecule has 1 fully saturated rings. The van der Waals surface area contributed by atoms with E-state index in [1.807, 2.05) is 42.3 Å². The molecule has 1 aliphatic heterocycles. The molecule has 0 saturated carbocycles. The number of nitrogens with zero attached hydrogens (tertiary/aromatic N) is 2. The van der Waals surface area contributed by atoms with Gasteiger partial charge in [0, 0.05) is 19.6 Å². The van der Waals surface area contributed by atoms with Gasteiger partial charge < -0.3 is 10.2 Å². The Kier molecular flexibility index (Phi) is 10.4. The second-order valence-corrected chi connectivity index (χ2v) is 5.32. The Hall–Kier alpha value is -0.810. The molecule has 0 aliphatic carbocycles. The van der Waals surface area contributed by atoms with Crippen molar-refractivity contribution in [1.29, 1.82) is 0 Å². The smallest absolute Gasteiger partial charge is 0.244 e. The number of amides is 1. The molecule has 4 nitrogen and oxygen atoms in total. The molecule has 1 aromatic rings. The Bertz CT molecular complexity index is 423. The van der Waals surface area contributed by atoms with Crippen LogP contribution in [-0.4, -0.2) is 55.5 Å². The zero-order chi connectivity index (χ0) is 14.4. The first-order valence-corrected chi connectivity index (χ1v) is 7.48. The normalized spacial score (nSPS) is 16.2. The highest BCUT2D eigenvalue weighted by Gasteiger charge is 2.28. The van der Waals surface area contributed by atoms with Gasteiger partial charge >= 0.3 is 0 Å². The number of hydrogen-bond donors (Lipinski definition) is 1. The molecule has 1 amide bonds. The fourth-order valence-electron chi connectivity index (χ4n) is 2.64. The van der Waals surface area contributed by atoms with E-state index in [2.05, 4.69) is 17.1 Å². The van der Waals surface area contributed by atoms with E-state index in [1.54, 1.807) is 0 Å². The van der Waals surface area contributed by atoms with Crippen molar-refractivity contribution >= 4 is 30.7 Å². The molecule has 1 N–H and O–H groups in total. The zero-order valence-electron chi connectivity index (χ0n) is 13.3. The van der Waals surface area contributed by atoms with Crippen LogP contribution >= 0.6 is 24.8 Å². The third-order valence-electron chi connectivity index (χ3n) is 3.94. The summed E-state index contributed by atoms with van der Waals surface area (Å²) in [5, 5.41) is 3.35. The number of carbonyl (C=O) groups excluding carboxylic acids is 1. The van der Waals surface area contributed by atoms with Crippen LogP contribution < -0.4 is 5.32 Å². The summed E-state index contributed by atoms with van der Waals surface area (Å²) in [4.78, 5) is 17.0. The van der Waals surface area contributed by atoms with E-state index >= 15 is 0 Å². The lowest BCUT2D eigenvalue weighted by Gasteiger charge is -2.31. The van der Waals surface area contributed by atoms with Crippen LogP contribution in [0.5, 0.6) is 0 Å². The zero-order valence-corrected chi connectivity index (χ0v) is 15.0. The van der Waals surface area contributed by atoms with Crippen LogP contribution in [0.1, 0.15) is 24.9 Å². The summed E-state index contributed by atoms with van der Waals surface area (Å²) in [5.41, 5.74) is 1.08. The summed E-state index contributed by atoms with van der Waals surface area (Å²) >= 11 is 0. The Morgan fingerprint density at radius 1 is 1.23 bits per heavy atom. The van der Waals surface area contributed by atoms with Gasteiger partial charge in [-0.1, -0.05) is 37.3 Å². The maximum absolute atomic E-state index is 12.9. The van der Waals surface area contributed by atoms with Crippen molar-refractivity contribution in [2.75, 3.05) is 39.8 Å². The van der Waals surface area contributed by atoms with Crippen LogP contribution in [0.3, 0.4) is 0 Å². The third-order valence-corrected chi connectivity index (χ3v) is 3.94. The van der Waals surface area contributed by atoms with Gasteiger partial charge in [0.25, 0.3) is 0 Å². The Morgan fingerprint density at radius 2 is 1.91 bits per heavy atom. The maximum atomic E-state index is 12.9. The van der Waals surface area contributed by atoms with E-state index in [-0.39, 0.29) is 36.8 Å². The number of halogens is 2. The van der Waals surface area contributed by atoms with Crippen molar-refractivity contribution in [1.82, 2.24) is 15.1 Å². The summed E-state index contributed by atoms with van der Waals surface area (Å²) in [6.07, 6.45) is 1.03. The first-order chi connectivity index (χ1) is 9.74. The van der Waals surface area contributed by atoms with Gasteiger partial charge in [-0.3, -0.25) is 9.69 Å². The highest BCUT2D eigenvalue weighted by molar-refractivity contribution is 5.85. The molecule has 22 heavy (non-hydrogen) atoms. The lowest BCUT2D eigenvalue weighted by Crippen LogP contribution is -2.43.